The maximum atomic E-state index is 9.37. The van der Waals surface area contributed by atoms with Crippen molar-refractivity contribution in [3.8, 4) is 0 Å². The largest absolute Gasteiger partial charge is 0.377 e. The number of nitrogens with zero attached hydrogens (tertiary/aromatic N) is 2. The van der Waals surface area contributed by atoms with E-state index in [1.807, 2.05) is 0 Å². The van der Waals surface area contributed by atoms with Crippen molar-refractivity contribution >= 4 is 0 Å². The summed E-state index contributed by atoms with van der Waals surface area (Å²) < 4.78 is 0. The molecule has 0 aromatic heterocycles. The lowest BCUT2D eigenvalue weighted by atomic mass is 10.3. The summed E-state index contributed by atoms with van der Waals surface area (Å²) in [5.74, 6) is 0. The Balaban J connectivity index is 2.17. The SMILES string of the molecule is CCN1CCN(CC(O)NC)CC1. The van der Waals surface area contributed by atoms with Gasteiger partial charge < -0.3 is 10.0 Å². The molecular formula is C9H21N3O. The molecule has 0 saturated carbocycles. The highest BCUT2D eigenvalue weighted by Gasteiger charge is 2.16. The minimum absolute atomic E-state index is 0.381. The smallest absolute Gasteiger partial charge is 0.117 e. The average molecular weight is 187 g/mol. The first kappa shape index (κ1) is 10.9. The average Bonchev–Trinajstić information content (AvgIpc) is 2.19. The van der Waals surface area contributed by atoms with Crippen LogP contribution in [0.2, 0.25) is 0 Å². The fourth-order valence-electron chi connectivity index (χ4n) is 1.62. The Bertz CT molecular complexity index is 135. The second-order valence-electron chi connectivity index (χ2n) is 3.54. The second-order valence-corrected chi connectivity index (χ2v) is 3.54. The molecule has 1 atom stereocenters. The minimum atomic E-state index is -0.381. The Morgan fingerprint density at radius 3 is 2.23 bits per heavy atom. The zero-order valence-electron chi connectivity index (χ0n) is 8.66. The van der Waals surface area contributed by atoms with Gasteiger partial charge in [0, 0.05) is 32.7 Å². The number of hydrogen-bond donors (Lipinski definition) is 2. The van der Waals surface area contributed by atoms with Gasteiger partial charge in [-0.2, -0.15) is 0 Å². The van der Waals surface area contributed by atoms with Crippen LogP contribution in [-0.4, -0.2) is 67.5 Å². The molecule has 1 aliphatic rings. The molecule has 1 unspecified atom stereocenters. The van der Waals surface area contributed by atoms with Gasteiger partial charge in [0.25, 0.3) is 0 Å². The molecule has 2 N–H and O–H groups in total. The van der Waals surface area contributed by atoms with E-state index >= 15 is 0 Å². The fourth-order valence-corrected chi connectivity index (χ4v) is 1.62. The summed E-state index contributed by atoms with van der Waals surface area (Å²) in [6.07, 6.45) is -0.381. The predicted octanol–water partition coefficient (Wildman–Crippen LogP) is -0.838. The van der Waals surface area contributed by atoms with Crippen LogP contribution < -0.4 is 5.32 Å². The highest BCUT2D eigenvalue weighted by Crippen LogP contribution is 2.00. The van der Waals surface area contributed by atoms with Gasteiger partial charge in [0.05, 0.1) is 0 Å². The molecule has 0 radical (unpaired) electrons. The molecule has 78 valence electrons. The molecule has 1 heterocycles. The van der Waals surface area contributed by atoms with E-state index in [2.05, 4.69) is 22.0 Å². The monoisotopic (exact) mass is 187 g/mol. The fraction of sp³-hybridized carbons (Fsp3) is 1.00. The lowest BCUT2D eigenvalue weighted by Gasteiger charge is -2.34. The summed E-state index contributed by atoms with van der Waals surface area (Å²) in [5, 5.41) is 12.2. The molecule has 13 heavy (non-hydrogen) atoms. The number of nitrogens with one attached hydrogen (secondary N) is 1. The molecule has 0 aliphatic carbocycles. The Hall–Kier alpha value is -0.160. The van der Waals surface area contributed by atoms with Gasteiger partial charge in [0.2, 0.25) is 0 Å². The first-order valence-corrected chi connectivity index (χ1v) is 5.06. The molecule has 0 spiro atoms. The Labute approximate surface area is 80.5 Å². The van der Waals surface area contributed by atoms with E-state index < -0.39 is 0 Å². The van der Waals surface area contributed by atoms with Crippen LogP contribution in [0, 0.1) is 0 Å². The van der Waals surface area contributed by atoms with Crippen LogP contribution in [0.25, 0.3) is 0 Å². The van der Waals surface area contributed by atoms with Crippen LogP contribution in [0.4, 0.5) is 0 Å². The maximum absolute atomic E-state index is 9.37. The molecule has 0 bridgehead atoms. The second kappa shape index (κ2) is 5.54. The van der Waals surface area contributed by atoms with Crippen molar-refractivity contribution in [2.24, 2.45) is 0 Å². The molecule has 1 rings (SSSR count). The molecule has 0 aromatic rings. The molecule has 4 nitrogen and oxygen atoms in total. The van der Waals surface area contributed by atoms with Crippen LogP contribution in [0.3, 0.4) is 0 Å². The molecule has 4 heteroatoms. The first-order chi connectivity index (χ1) is 6.26. The summed E-state index contributed by atoms with van der Waals surface area (Å²) in [4.78, 5) is 4.73. The number of β-amino-alcohol motifs (C(OH)–C–C–N with tert-alkyl or cyclic N) is 1. The van der Waals surface area contributed by atoms with Gasteiger partial charge >= 0.3 is 0 Å². The Morgan fingerprint density at radius 1 is 1.23 bits per heavy atom. The van der Waals surface area contributed by atoms with E-state index in [1.54, 1.807) is 7.05 Å². The summed E-state index contributed by atoms with van der Waals surface area (Å²) in [6.45, 7) is 8.49. The number of rotatable bonds is 4. The van der Waals surface area contributed by atoms with Crippen molar-refractivity contribution in [3.05, 3.63) is 0 Å². The summed E-state index contributed by atoms with van der Waals surface area (Å²) in [5.41, 5.74) is 0. The highest BCUT2D eigenvalue weighted by atomic mass is 16.3. The number of hydrogen-bond acceptors (Lipinski definition) is 4. The lowest BCUT2D eigenvalue weighted by Crippen LogP contribution is -2.50. The van der Waals surface area contributed by atoms with Gasteiger partial charge in [-0.1, -0.05) is 6.92 Å². The number of aliphatic hydroxyl groups is 1. The normalized spacial score (nSPS) is 23.3. The Morgan fingerprint density at radius 2 is 1.77 bits per heavy atom. The van der Waals surface area contributed by atoms with Crippen LogP contribution in [0.5, 0.6) is 0 Å². The first-order valence-electron chi connectivity index (χ1n) is 5.06. The predicted molar refractivity (Wildman–Crippen MR) is 53.6 cm³/mol. The minimum Gasteiger partial charge on any atom is -0.377 e. The molecule has 1 saturated heterocycles. The third kappa shape index (κ3) is 3.60. The van der Waals surface area contributed by atoms with Crippen LogP contribution >= 0.6 is 0 Å². The van der Waals surface area contributed by atoms with Crippen LogP contribution in [-0.2, 0) is 0 Å². The summed E-state index contributed by atoms with van der Waals surface area (Å²) in [7, 11) is 1.78. The van der Waals surface area contributed by atoms with Gasteiger partial charge in [-0.15, -0.1) is 0 Å². The van der Waals surface area contributed by atoms with E-state index in [4.69, 9.17) is 0 Å². The zero-order chi connectivity index (χ0) is 9.68. The third-order valence-corrected chi connectivity index (χ3v) is 2.68. The maximum Gasteiger partial charge on any atom is 0.117 e. The molecule has 1 fully saturated rings. The Kier molecular flexibility index (Phi) is 4.66. The summed E-state index contributed by atoms with van der Waals surface area (Å²) in [6, 6.07) is 0. The van der Waals surface area contributed by atoms with Gasteiger partial charge in [-0.25, -0.2) is 0 Å². The lowest BCUT2D eigenvalue weighted by molar-refractivity contribution is 0.0614. The highest BCUT2D eigenvalue weighted by molar-refractivity contribution is 4.72. The van der Waals surface area contributed by atoms with E-state index in [0.717, 1.165) is 39.3 Å². The van der Waals surface area contributed by atoms with E-state index in [9.17, 15) is 5.11 Å². The van der Waals surface area contributed by atoms with E-state index in [-0.39, 0.29) is 6.23 Å². The van der Waals surface area contributed by atoms with Crippen molar-refractivity contribution in [1.29, 1.82) is 0 Å². The van der Waals surface area contributed by atoms with E-state index in [0.29, 0.717) is 0 Å². The molecular weight excluding hydrogens is 166 g/mol. The number of piperazine rings is 1. The van der Waals surface area contributed by atoms with Crippen molar-refractivity contribution in [1.82, 2.24) is 15.1 Å². The van der Waals surface area contributed by atoms with Gasteiger partial charge in [-0.05, 0) is 13.6 Å². The third-order valence-electron chi connectivity index (χ3n) is 2.68. The van der Waals surface area contributed by atoms with Crippen molar-refractivity contribution in [2.45, 2.75) is 13.2 Å². The zero-order valence-corrected chi connectivity index (χ0v) is 8.66. The van der Waals surface area contributed by atoms with Crippen molar-refractivity contribution in [3.63, 3.8) is 0 Å². The number of likely N-dealkylation sites (N-methyl/N-ethyl adjacent to an activating group) is 2. The van der Waals surface area contributed by atoms with Crippen molar-refractivity contribution in [2.75, 3.05) is 46.3 Å². The molecule has 0 aromatic carbocycles. The van der Waals surface area contributed by atoms with E-state index in [1.165, 1.54) is 0 Å². The van der Waals surface area contributed by atoms with Gasteiger partial charge in [0.15, 0.2) is 0 Å². The molecule has 1 aliphatic heterocycles. The summed E-state index contributed by atoms with van der Waals surface area (Å²) >= 11 is 0. The quantitative estimate of drug-likeness (QED) is 0.563. The van der Waals surface area contributed by atoms with Gasteiger partial charge in [-0.3, -0.25) is 10.2 Å². The van der Waals surface area contributed by atoms with Gasteiger partial charge in [0.1, 0.15) is 6.23 Å². The van der Waals surface area contributed by atoms with Crippen LogP contribution in [0.1, 0.15) is 6.92 Å². The topological polar surface area (TPSA) is 38.7 Å². The molecule has 0 amide bonds. The van der Waals surface area contributed by atoms with Crippen LogP contribution in [0.15, 0.2) is 0 Å². The van der Waals surface area contributed by atoms with Crippen molar-refractivity contribution < 1.29 is 5.11 Å². The standard InChI is InChI=1S/C9H21N3O/c1-3-11-4-6-12(7-5-11)8-9(13)10-2/h9-10,13H,3-8H2,1-2H3. The number of aliphatic hydroxyl groups excluding tert-OH is 1.